The first-order valence-corrected chi connectivity index (χ1v) is 6.46. The molecule has 7 heteroatoms. The molecule has 0 aromatic carbocycles. The quantitative estimate of drug-likeness (QED) is 0.748. The molecule has 5 nitrogen and oxygen atoms in total. The van der Waals surface area contributed by atoms with Gasteiger partial charge in [0.25, 0.3) is 5.16 Å². The summed E-state index contributed by atoms with van der Waals surface area (Å²) in [6, 6.07) is 0. The molecule has 0 radical (unpaired) electrons. The third kappa shape index (κ3) is 1.29. The van der Waals surface area contributed by atoms with Crippen LogP contribution in [-0.2, 0) is 16.4 Å². The largest absolute Gasteiger partial charge is 0.267 e. The molecular weight excluding hydrogens is 221 g/mol. The van der Waals surface area contributed by atoms with Crippen molar-refractivity contribution in [3.63, 3.8) is 0 Å². The number of halogens is 1. The Labute approximate surface area is 86.2 Å². The molecule has 0 N–H and O–H groups in total. The van der Waals surface area contributed by atoms with Crippen LogP contribution >= 0.6 is 0 Å². The summed E-state index contributed by atoms with van der Waals surface area (Å²) in [5.41, 5.74) is 0. The summed E-state index contributed by atoms with van der Waals surface area (Å²) >= 11 is 0. The smallest absolute Gasteiger partial charge is 0.246 e. The van der Waals surface area contributed by atoms with Crippen LogP contribution in [0.15, 0.2) is 5.16 Å². The first kappa shape index (κ1) is 9.26. The maximum Gasteiger partial charge on any atom is 0.267 e. The summed E-state index contributed by atoms with van der Waals surface area (Å²) in [6.07, 6.45) is 0.524. The van der Waals surface area contributed by atoms with Crippen LogP contribution in [0.1, 0.15) is 31.3 Å². The Morgan fingerprint density at radius 2 is 2.07 bits per heavy atom. The molecule has 2 aliphatic rings. The van der Waals surface area contributed by atoms with Crippen molar-refractivity contribution in [3.05, 3.63) is 5.82 Å². The molecule has 1 atom stereocenters. The van der Waals surface area contributed by atoms with Gasteiger partial charge < -0.3 is 0 Å². The van der Waals surface area contributed by atoms with E-state index in [9.17, 15) is 12.8 Å². The Kier molecular flexibility index (Phi) is 1.72. The zero-order valence-corrected chi connectivity index (χ0v) is 8.74. The molecule has 1 aliphatic carbocycles. The van der Waals surface area contributed by atoms with Crippen molar-refractivity contribution in [2.45, 2.75) is 42.4 Å². The molecular formula is C8H10FN3O2S. The average Bonchev–Trinajstić information content (AvgIpc) is 2.86. The molecule has 1 fully saturated rings. The van der Waals surface area contributed by atoms with Crippen LogP contribution in [0.25, 0.3) is 0 Å². The van der Waals surface area contributed by atoms with E-state index in [4.69, 9.17) is 0 Å². The first-order valence-electron chi connectivity index (χ1n) is 4.92. The van der Waals surface area contributed by atoms with Gasteiger partial charge in [0.05, 0.1) is 5.25 Å². The molecule has 1 aromatic heterocycles. The number of hydrogen-bond donors (Lipinski definition) is 0. The molecule has 3 rings (SSSR count). The van der Waals surface area contributed by atoms with Gasteiger partial charge in [0.2, 0.25) is 9.84 Å². The summed E-state index contributed by atoms with van der Waals surface area (Å²) < 4.78 is 38.1. The highest BCUT2D eigenvalue weighted by molar-refractivity contribution is 7.92. The van der Waals surface area contributed by atoms with E-state index in [1.807, 2.05) is 0 Å². The van der Waals surface area contributed by atoms with E-state index in [1.54, 1.807) is 0 Å². The van der Waals surface area contributed by atoms with Crippen molar-refractivity contribution in [3.8, 4) is 0 Å². The van der Waals surface area contributed by atoms with Crippen molar-refractivity contribution in [1.82, 2.24) is 14.8 Å². The number of aromatic nitrogens is 3. The second kappa shape index (κ2) is 2.78. The molecule has 0 spiro atoms. The molecule has 0 bridgehead atoms. The normalized spacial score (nSPS) is 25.5. The third-order valence-electron chi connectivity index (χ3n) is 2.77. The van der Waals surface area contributed by atoms with E-state index in [2.05, 4.69) is 10.1 Å². The maximum absolute atomic E-state index is 13.2. The van der Waals surface area contributed by atoms with Gasteiger partial charge in [-0.05, 0) is 12.8 Å². The number of sulfone groups is 1. The lowest BCUT2D eigenvalue weighted by Gasteiger charge is -1.95. The SMILES string of the molecule is O=S(=O)(c1nc2n(n1)CCC2F)C1CC1. The fourth-order valence-corrected chi connectivity index (χ4v) is 3.23. The standard InChI is InChI=1S/C8H10FN3O2S/c9-6-3-4-12-7(6)10-8(11-12)15(13,14)5-1-2-5/h5-6H,1-4H2. The Bertz CT molecular complexity index is 506. The minimum atomic E-state index is -3.38. The van der Waals surface area contributed by atoms with E-state index in [1.165, 1.54) is 4.68 Å². The first-order chi connectivity index (χ1) is 7.09. The topological polar surface area (TPSA) is 64.8 Å². The van der Waals surface area contributed by atoms with E-state index in [0.29, 0.717) is 25.8 Å². The van der Waals surface area contributed by atoms with Gasteiger partial charge in [-0.2, -0.15) is 4.98 Å². The van der Waals surface area contributed by atoms with E-state index >= 15 is 0 Å². The number of fused-ring (bicyclic) bond motifs is 1. The van der Waals surface area contributed by atoms with Crippen LogP contribution < -0.4 is 0 Å². The van der Waals surface area contributed by atoms with Crippen molar-refractivity contribution < 1.29 is 12.8 Å². The molecule has 2 heterocycles. The predicted molar refractivity (Wildman–Crippen MR) is 48.7 cm³/mol. The fourth-order valence-electron chi connectivity index (χ4n) is 1.74. The Morgan fingerprint density at radius 3 is 2.67 bits per heavy atom. The van der Waals surface area contributed by atoms with E-state index in [-0.39, 0.29) is 16.2 Å². The lowest BCUT2D eigenvalue weighted by Crippen LogP contribution is -2.10. The average molecular weight is 231 g/mol. The number of rotatable bonds is 2. The second-order valence-electron chi connectivity index (χ2n) is 3.98. The van der Waals surface area contributed by atoms with Crippen molar-refractivity contribution >= 4 is 9.84 Å². The third-order valence-corrected chi connectivity index (χ3v) is 4.80. The summed E-state index contributed by atoms with van der Waals surface area (Å²) in [4.78, 5) is 3.79. The summed E-state index contributed by atoms with van der Waals surface area (Å²) in [6.45, 7) is 0.420. The number of hydrogen-bond acceptors (Lipinski definition) is 4. The number of alkyl halides is 1. The van der Waals surface area contributed by atoms with Crippen molar-refractivity contribution in [2.75, 3.05) is 0 Å². The molecule has 0 saturated heterocycles. The van der Waals surface area contributed by atoms with Crippen LogP contribution in [0.3, 0.4) is 0 Å². The van der Waals surface area contributed by atoms with Gasteiger partial charge in [-0.15, -0.1) is 5.10 Å². The van der Waals surface area contributed by atoms with Crippen LogP contribution in [0.5, 0.6) is 0 Å². The highest BCUT2D eigenvalue weighted by Gasteiger charge is 2.41. The zero-order valence-electron chi connectivity index (χ0n) is 7.93. The van der Waals surface area contributed by atoms with Crippen molar-refractivity contribution in [2.24, 2.45) is 0 Å². The van der Waals surface area contributed by atoms with Crippen LogP contribution in [0, 0.1) is 0 Å². The summed E-state index contributed by atoms with van der Waals surface area (Å²) in [5.74, 6) is 0.161. The van der Waals surface area contributed by atoms with Crippen molar-refractivity contribution in [1.29, 1.82) is 0 Å². The van der Waals surface area contributed by atoms with Gasteiger partial charge in [0.15, 0.2) is 12.0 Å². The molecule has 1 aromatic rings. The minimum absolute atomic E-state index is 0.161. The van der Waals surface area contributed by atoms with Gasteiger partial charge in [-0.3, -0.25) is 0 Å². The number of aryl methyl sites for hydroxylation is 1. The fraction of sp³-hybridized carbons (Fsp3) is 0.750. The lowest BCUT2D eigenvalue weighted by atomic mass is 10.3. The zero-order chi connectivity index (χ0) is 10.6. The highest BCUT2D eigenvalue weighted by atomic mass is 32.2. The van der Waals surface area contributed by atoms with Gasteiger partial charge in [0, 0.05) is 13.0 Å². The molecule has 15 heavy (non-hydrogen) atoms. The molecule has 1 aliphatic heterocycles. The molecule has 1 unspecified atom stereocenters. The van der Waals surface area contributed by atoms with Gasteiger partial charge in [-0.1, -0.05) is 0 Å². The minimum Gasteiger partial charge on any atom is -0.246 e. The van der Waals surface area contributed by atoms with Gasteiger partial charge in [0.1, 0.15) is 0 Å². The summed E-state index contributed by atoms with van der Waals surface area (Å²) in [7, 11) is -3.38. The second-order valence-corrected chi connectivity index (χ2v) is 6.10. The van der Waals surface area contributed by atoms with E-state index in [0.717, 1.165) is 0 Å². The Balaban J connectivity index is 2.04. The molecule has 1 saturated carbocycles. The van der Waals surface area contributed by atoms with Crippen LogP contribution in [0.2, 0.25) is 0 Å². The Morgan fingerprint density at radius 1 is 1.33 bits per heavy atom. The van der Waals surface area contributed by atoms with Crippen LogP contribution in [0.4, 0.5) is 4.39 Å². The monoisotopic (exact) mass is 231 g/mol. The van der Waals surface area contributed by atoms with Crippen LogP contribution in [-0.4, -0.2) is 28.4 Å². The maximum atomic E-state index is 13.2. The lowest BCUT2D eigenvalue weighted by molar-refractivity contribution is 0.336. The molecule has 82 valence electrons. The number of nitrogens with zero attached hydrogens (tertiary/aromatic N) is 3. The highest BCUT2D eigenvalue weighted by Crippen LogP contribution is 2.34. The van der Waals surface area contributed by atoms with E-state index < -0.39 is 16.0 Å². The van der Waals surface area contributed by atoms with Gasteiger partial charge >= 0.3 is 0 Å². The Hall–Kier alpha value is -0.980. The summed E-state index contributed by atoms with van der Waals surface area (Å²) in [5, 5.41) is 3.32. The predicted octanol–water partition coefficient (Wildman–Crippen LogP) is 0.629. The molecule has 0 amide bonds. The van der Waals surface area contributed by atoms with Gasteiger partial charge in [-0.25, -0.2) is 17.5 Å².